The fourth-order valence-electron chi connectivity index (χ4n) is 3.33. The molecule has 0 aromatic carbocycles. The first-order valence-corrected chi connectivity index (χ1v) is 6.80. The standard InChI is InChI=1S/C14H28N2O2/c1-12(2)9-11(15-18)10-13(3,4)16(12)8-7-14(5,6)17/h11,17H,7-10H2,1-6H3. The average molecular weight is 256 g/mol. The molecule has 1 aliphatic rings. The summed E-state index contributed by atoms with van der Waals surface area (Å²) in [7, 11) is 0. The number of hydrogen-bond donors (Lipinski definition) is 1. The van der Waals surface area contributed by atoms with Crippen LogP contribution in [0.25, 0.3) is 0 Å². The number of hydrogen-bond acceptors (Lipinski definition) is 4. The van der Waals surface area contributed by atoms with Crippen molar-refractivity contribution in [1.29, 1.82) is 0 Å². The maximum absolute atomic E-state index is 10.9. The van der Waals surface area contributed by atoms with Gasteiger partial charge in [-0.3, -0.25) is 4.90 Å². The Morgan fingerprint density at radius 1 is 1.22 bits per heavy atom. The van der Waals surface area contributed by atoms with E-state index in [1.807, 2.05) is 13.8 Å². The van der Waals surface area contributed by atoms with E-state index in [0.717, 1.165) is 25.8 Å². The number of likely N-dealkylation sites (tertiary alicyclic amines) is 1. The molecule has 1 saturated heterocycles. The molecule has 106 valence electrons. The minimum Gasteiger partial charge on any atom is -0.390 e. The van der Waals surface area contributed by atoms with Gasteiger partial charge in [0.05, 0.1) is 11.6 Å². The summed E-state index contributed by atoms with van der Waals surface area (Å²) in [6.07, 6.45) is 2.33. The average Bonchev–Trinajstić information content (AvgIpc) is 2.11. The zero-order chi connectivity index (χ0) is 14.2. The van der Waals surface area contributed by atoms with Gasteiger partial charge in [-0.2, -0.15) is 4.91 Å². The van der Waals surface area contributed by atoms with Crippen LogP contribution in [0.1, 0.15) is 60.8 Å². The van der Waals surface area contributed by atoms with Gasteiger partial charge in [-0.15, -0.1) is 0 Å². The second-order valence-corrected chi connectivity index (χ2v) is 7.51. The molecular weight excluding hydrogens is 228 g/mol. The zero-order valence-corrected chi connectivity index (χ0v) is 12.7. The van der Waals surface area contributed by atoms with E-state index in [1.165, 1.54) is 0 Å². The molecule has 1 aliphatic heterocycles. The van der Waals surface area contributed by atoms with Crippen molar-refractivity contribution in [2.75, 3.05) is 6.54 Å². The maximum Gasteiger partial charge on any atom is 0.0954 e. The van der Waals surface area contributed by atoms with E-state index in [-0.39, 0.29) is 17.1 Å². The highest BCUT2D eigenvalue weighted by molar-refractivity contribution is 5.02. The van der Waals surface area contributed by atoms with E-state index in [0.29, 0.717) is 0 Å². The van der Waals surface area contributed by atoms with Crippen LogP contribution in [0.5, 0.6) is 0 Å². The topological polar surface area (TPSA) is 52.9 Å². The molecule has 0 unspecified atom stereocenters. The Kier molecular flexibility index (Phi) is 4.23. The first-order chi connectivity index (χ1) is 7.98. The summed E-state index contributed by atoms with van der Waals surface area (Å²) in [4.78, 5) is 13.3. The van der Waals surface area contributed by atoms with Crippen LogP contribution >= 0.6 is 0 Å². The maximum atomic E-state index is 10.9. The Balaban J connectivity index is 2.83. The van der Waals surface area contributed by atoms with Crippen LogP contribution < -0.4 is 0 Å². The number of nitrogens with zero attached hydrogens (tertiary/aromatic N) is 2. The van der Waals surface area contributed by atoms with Crippen molar-refractivity contribution in [3.63, 3.8) is 0 Å². The molecule has 1 N–H and O–H groups in total. The molecule has 0 aromatic heterocycles. The molecule has 0 amide bonds. The molecule has 1 rings (SSSR count). The number of aliphatic hydroxyl groups is 1. The molecule has 0 aliphatic carbocycles. The number of piperidine rings is 1. The van der Waals surface area contributed by atoms with Crippen LogP contribution in [-0.2, 0) is 0 Å². The van der Waals surface area contributed by atoms with Gasteiger partial charge in [0.2, 0.25) is 0 Å². The molecule has 0 atom stereocenters. The normalized spacial score (nSPS) is 25.1. The second kappa shape index (κ2) is 4.89. The smallest absolute Gasteiger partial charge is 0.0954 e. The molecular formula is C14H28N2O2. The monoisotopic (exact) mass is 256 g/mol. The summed E-state index contributed by atoms with van der Waals surface area (Å²) in [6, 6.07) is -0.0895. The Hall–Kier alpha value is -0.480. The van der Waals surface area contributed by atoms with E-state index in [1.54, 1.807) is 0 Å². The van der Waals surface area contributed by atoms with Gasteiger partial charge in [0, 0.05) is 17.6 Å². The van der Waals surface area contributed by atoms with Gasteiger partial charge in [-0.1, -0.05) is 5.18 Å². The Labute approximate surface area is 111 Å². The van der Waals surface area contributed by atoms with Crippen molar-refractivity contribution in [3.05, 3.63) is 4.91 Å². The highest BCUT2D eigenvalue weighted by Gasteiger charge is 2.45. The summed E-state index contributed by atoms with van der Waals surface area (Å²) < 4.78 is 0. The Morgan fingerprint density at radius 3 is 2.00 bits per heavy atom. The fourth-order valence-corrected chi connectivity index (χ4v) is 3.33. The quantitative estimate of drug-likeness (QED) is 0.787. The van der Waals surface area contributed by atoms with Crippen molar-refractivity contribution in [2.45, 2.75) is 83.5 Å². The lowest BCUT2D eigenvalue weighted by Gasteiger charge is -2.54. The molecule has 0 spiro atoms. The predicted octanol–water partition coefficient (Wildman–Crippen LogP) is 2.94. The molecule has 18 heavy (non-hydrogen) atoms. The van der Waals surface area contributed by atoms with Crippen molar-refractivity contribution < 1.29 is 5.11 Å². The molecule has 0 bridgehead atoms. The van der Waals surface area contributed by atoms with Gasteiger partial charge in [0.15, 0.2) is 0 Å². The van der Waals surface area contributed by atoms with Crippen molar-refractivity contribution in [1.82, 2.24) is 4.90 Å². The number of nitroso groups, excluding NO2 is 1. The van der Waals surface area contributed by atoms with Gasteiger partial charge in [0.25, 0.3) is 0 Å². The first-order valence-electron chi connectivity index (χ1n) is 6.80. The molecule has 1 heterocycles. The van der Waals surface area contributed by atoms with E-state index >= 15 is 0 Å². The molecule has 1 fully saturated rings. The Morgan fingerprint density at radius 2 is 1.67 bits per heavy atom. The summed E-state index contributed by atoms with van der Waals surface area (Å²) in [5.41, 5.74) is -0.747. The van der Waals surface area contributed by atoms with E-state index in [4.69, 9.17) is 0 Å². The number of rotatable bonds is 4. The Bertz CT molecular complexity index is 287. The lowest BCUT2D eigenvalue weighted by Crippen LogP contribution is -2.62. The molecule has 0 saturated carbocycles. The predicted molar refractivity (Wildman–Crippen MR) is 74.6 cm³/mol. The molecule has 0 aromatic rings. The van der Waals surface area contributed by atoms with E-state index in [2.05, 4.69) is 37.8 Å². The lowest BCUT2D eigenvalue weighted by molar-refractivity contribution is -0.0508. The summed E-state index contributed by atoms with van der Waals surface area (Å²) in [5, 5.41) is 13.1. The van der Waals surface area contributed by atoms with Crippen molar-refractivity contribution in [2.24, 2.45) is 5.18 Å². The highest BCUT2D eigenvalue weighted by atomic mass is 16.3. The van der Waals surface area contributed by atoms with Crippen LogP contribution in [0.4, 0.5) is 0 Å². The van der Waals surface area contributed by atoms with E-state index in [9.17, 15) is 10.0 Å². The molecule has 4 heteroatoms. The molecule has 0 radical (unpaired) electrons. The van der Waals surface area contributed by atoms with Gasteiger partial charge in [-0.25, -0.2) is 0 Å². The summed E-state index contributed by atoms with van der Waals surface area (Å²) >= 11 is 0. The minimum absolute atomic E-state index is 0.0500. The van der Waals surface area contributed by atoms with Gasteiger partial charge < -0.3 is 5.11 Å². The molecule has 4 nitrogen and oxygen atoms in total. The van der Waals surface area contributed by atoms with Gasteiger partial charge in [0.1, 0.15) is 0 Å². The van der Waals surface area contributed by atoms with Gasteiger partial charge >= 0.3 is 0 Å². The highest BCUT2D eigenvalue weighted by Crippen LogP contribution is 2.39. The third-order valence-electron chi connectivity index (χ3n) is 4.03. The van der Waals surface area contributed by atoms with E-state index < -0.39 is 5.60 Å². The van der Waals surface area contributed by atoms with Crippen LogP contribution in [-0.4, -0.2) is 39.3 Å². The van der Waals surface area contributed by atoms with Crippen LogP contribution in [0.15, 0.2) is 5.18 Å². The summed E-state index contributed by atoms with van der Waals surface area (Å²) in [6.45, 7) is 13.2. The zero-order valence-electron chi connectivity index (χ0n) is 12.7. The third-order valence-corrected chi connectivity index (χ3v) is 4.03. The lowest BCUT2D eigenvalue weighted by atomic mass is 9.77. The van der Waals surface area contributed by atoms with Crippen LogP contribution in [0.2, 0.25) is 0 Å². The van der Waals surface area contributed by atoms with Crippen LogP contribution in [0.3, 0.4) is 0 Å². The first kappa shape index (κ1) is 15.6. The SMILES string of the molecule is CC(C)(O)CCN1C(C)(C)CC(N=O)CC1(C)C. The largest absolute Gasteiger partial charge is 0.390 e. The minimum atomic E-state index is -0.647. The fraction of sp³-hybridized carbons (Fsp3) is 1.00. The van der Waals surface area contributed by atoms with Gasteiger partial charge in [-0.05, 0) is 60.8 Å². The van der Waals surface area contributed by atoms with Crippen LogP contribution in [0, 0.1) is 4.91 Å². The second-order valence-electron chi connectivity index (χ2n) is 7.51. The summed E-state index contributed by atoms with van der Waals surface area (Å²) in [5.74, 6) is 0. The van der Waals surface area contributed by atoms with Crippen molar-refractivity contribution >= 4 is 0 Å². The van der Waals surface area contributed by atoms with Crippen molar-refractivity contribution in [3.8, 4) is 0 Å². The third kappa shape index (κ3) is 3.75.